The highest BCUT2D eigenvalue weighted by Crippen LogP contribution is 2.30. The highest BCUT2D eigenvalue weighted by molar-refractivity contribution is 6.35. The predicted molar refractivity (Wildman–Crippen MR) is 170 cm³/mol. The molecule has 1 fully saturated rings. The van der Waals surface area contributed by atoms with Crippen molar-refractivity contribution in [2.24, 2.45) is 0 Å². The minimum absolute atomic E-state index is 0.100. The number of amides is 1. The van der Waals surface area contributed by atoms with Gasteiger partial charge in [-0.3, -0.25) is 9.48 Å². The Bertz CT molecular complexity index is 1550. The zero-order chi connectivity index (χ0) is 29.3. The van der Waals surface area contributed by atoms with Crippen LogP contribution >= 0.6 is 23.2 Å². The molecule has 0 unspecified atom stereocenters. The summed E-state index contributed by atoms with van der Waals surface area (Å²) in [6.45, 7) is 6.67. The Kier molecular flexibility index (Phi) is 8.48. The summed E-state index contributed by atoms with van der Waals surface area (Å²) in [5.41, 5.74) is 4.19. The van der Waals surface area contributed by atoms with Gasteiger partial charge in [-0.1, -0.05) is 68.2 Å². The summed E-state index contributed by atoms with van der Waals surface area (Å²) in [6, 6.07) is 18.1. The van der Waals surface area contributed by atoms with Gasteiger partial charge in [0.25, 0.3) is 5.91 Å². The van der Waals surface area contributed by atoms with E-state index in [9.17, 15) is 4.79 Å². The highest BCUT2D eigenvalue weighted by Gasteiger charge is 2.27. The van der Waals surface area contributed by atoms with Crippen LogP contribution in [0, 0.1) is 0 Å². The Morgan fingerprint density at radius 2 is 1.71 bits per heavy atom. The summed E-state index contributed by atoms with van der Waals surface area (Å²) >= 11 is 12.5. The SMILES string of the molecule is CN(C)c1cc(N[C@H]2CC[C@@H](NC(=O)c3cc(C(C)(C)C)nn3Cc3ccc(Cl)cc3Cl)CC2)nc2ccccc12. The van der Waals surface area contributed by atoms with E-state index in [2.05, 4.69) is 68.6 Å². The number of carbonyl (C=O) groups is 1. The van der Waals surface area contributed by atoms with E-state index in [4.69, 9.17) is 33.3 Å². The van der Waals surface area contributed by atoms with Crippen LogP contribution in [0.4, 0.5) is 11.5 Å². The van der Waals surface area contributed by atoms with Crippen molar-refractivity contribution in [2.75, 3.05) is 24.3 Å². The molecule has 1 aliphatic carbocycles. The number of fused-ring (bicyclic) bond motifs is 1. The number of carbonyl (C=O) groups excluding carboxylic acids is 1. The quantitative estimate of drug-likeness (QED) is 0.235. The van der Waals surface area contributed by atoms with E-state index in [0.717, 1.165) is 59.3 Å². The molecule has 0 bridgehead atoms. The number of hydrogen-bond acceptors (Lipinski definition) is 5. The van der Waals surface area contributed by atoms with E-state index in [1.54, 1.807) is 16.8 Å². The van der Waals surface area contributed by atoms with Crippen molar-refractivity contribution < 1.29 is 4.79 Å². The number of para-hydroxylation sites is 1. The van der Waals surface area contributed by atoms with Crippen molar-refractivity contribution in [3.8, 4) is 0 Å². The molecule has 2 N–H and O–H groups in total. The van der Waals surface area contributed by atoms with Crippen LogP contribution in [0.1, 0.15) is 68.2 Å². The summed E-state index contributed by atoms with van der Waals surface area (Å²) in [6.07, 6.45) is 3.68. The fourth-order valence-electron chi connectivity index (χ4n) is 5.35. The fraction of sp³-hybridized carbons (Fsp3) is 0.406. The molecule has 2 aromatic heterocycles. The standard InChI is InChI=1S/C32H38Cl2N6O/c1-32(2,3)29-17-28(40(38-29)19-20-10-11-21(33)16-25(20)34)31(41)36-23-14-12-22(13-15-23)35-30-18-27(39(4)5)24-8-6-7-9-26(24)37-30/h6-11,16-18,22-23H,12-15,19H2,1-5H3,(H,35,37)(H,36,41)/t22-,23+. The first kappa shape index (κ1) is 29.2. The fourth-order valence-corrected chi connectivity index (χ4v) is 5.82. The van der Waals surface area contributed by atoms with Gasteiger partial charge in [0.1, 0.15) is 11.5 Å². The number of halogens is 2. The van der Waals surface area contributed by atoms with Gasteiger partial charge < -0.3 is 15.5 Å². The third kappa shape index (κ3) is 6.79. The van der Waals surface area contributed by atoms with Crippen LogP contribution in [-0.2, 0) is 12.0 Å². The largest absolute Gasteiger partial charge is 0.377 e. The Balaban J connectivity index is 1.25. The van der Waals surface area contributed by atoms with Crippen LogP contribution in [0.2, 0.25) is 10.0 Å². The van der Waals surface area contributed by atoms with Crippen LogP contribution in [0.3, 0.4) is 0 Å². The molecule has 0 spiro atoms. The van der Waals surface area contributed by atoms with E-state index in [1.807, 2.05) is 24.3 Å². The van der Waals surface area contributed by atoms with Gasteiger partial charge in [-0.05, 0) is 55.5 Å². The Morgan fingerprint density at radius 1 is 1.00 bits per heavy atom. The highest BCUT2D eigenvalue weighted by atomic mass is 35.5. The number of pyridine rings is 1. The molecule has 1 aliphatic rings. The van der Waals surface area contributed by atoms with Crippen LogP contribution in [0.15, 0.2) is 54.6 Å². The zero-order valence-electron chi connectivity index (χ0n) is 24.3. The topological polar surface area (TPSA) is 75.1 Å². The summed E-state index contributed by atoms with van der Waals surface area (Å²) in [7, 11) is 4.11. The van der Waals surface area contributed by atoms with Gasteiger partial charge in [0, 0.05) is 58.8 Å². The van der Waals surface area contributed by atoms with E-state index in [-0.39, 0.29) is 17.4 Å². The lowest BCUT2D eigenvalue weighted by atomic mass is 9.90. The second-order valence-corrected chi connectivity index (χ2v) is 13.0. The summed E-state index contributed by atoms with van der Waals surface area (Å²) in [4.78, 5) is 20.5. The lowest BCUT2D eigenvalue weighted by Crippen LogP contribution is -2.41. The molecule has 41 heavy (non-hydrogen) atoms. The average Bonchev–Trinajstić information content (AvgIpc) is 3.36. The first-order chi connectivity index (χ1) is 19.5. The zero-order valence-corrected chi connectivity index (χ0v) is 25.9. The number of nitrogens with zero attached hydrogens (tertiary/aromatic N) is 4. The first-order valence-electron chi connectivity index (χ1n) is 14.1. The number of anilines is 2. The van der Waals surface area contributed by atoms with Gasteiger partial charge in [0.2, 0.25) is 0 Å². The van der Waals surface area contributed by atoms with Crippen molar-refractivity contribution in [3.05, 3.63) is 81.6 Å². The Labute approximate surface area is 252 Å². The monoisotopic (exact) mass is 592 g/mol. The molecule has 1 saturated carbocycles. The molecule has 216 valence electrons. The molecule has 2 heterocycles. The molecule has 0 aliphatic heterocycles. The second kappa shape index (κ2) is 11.9. The van der Waals surface area contributed by atoms with Gasteiger partial charge in [0.15, 0.2) is 0 Å². The molecular weight excluding hydrogens is 555 g/mol. The molecule has 0 atom stereocenters. The van der Waals surface area contributed by atoms with E-state index >= 15 is 0 Å². The van der Waals surface area contributed by atoms with Crippen LogP contribution < -0.4 is 15.5 Å². The molecule has 2 aromatic carbocycles. The summed E-state index contributed by atoms with van der Waals surface area (Å²) in [5, 5.41) is 14.0. The average molecular weight is 594 g/mol. The third-order valence-corrected chi connectivity index (χ3v) is 8.29. The minimum atomic E-state index is -0.197. The molecule has 7 nitrogen and oxygen atoms in total. The molecular formula is C32H38Cl2N6O. The lowest BCUT2D eigenvalue weighted by molar-refractivity contribution is 0.0916. The summed E-state index contributed by atoms with van der Waals surface area (Å²) in [5.74, 6) is 0.778. The van der Waals surface area contributed by atoms with Gasteiger partial charge >= 0.3 is 0 Å². The molecule has 1 amide bonds. The molecule has 0 radical (unpaired) electrons. The number of nitrogens with one attached hydrogen (secondary N) is 2. The molecule has 4 aromatic rings. The van der Waals surface area contributed by atoms with Gasteiger partial charge in [-0.25, -0.2) is 4.98 Å². The Morgan fingerprint density at radius 3 is 2.39 bits per heavy atom. The number of rotatable bonds is 7. The minimum Gasteiger partial charge on any atom is -0.377 e. The molecule has 5 rings (SSSR count). The molecule has 0 saturated heterocycles. The number of hydrogen-bond donors (Lipinski definition) is 2. The van der Waals surface area contributed by atoms with Crippen molar-refractivity contribution in [3.63, 3.8) is 0 Å². The molecule has 9 heteroatoms. The van der Waals surface area contributed by atoms with Crippen LogP contribution in [0.25, 0.3) is 10.9 Å². The van der Waals surface area contributed by atoms with E-state index < -0.39 is 0 Å². The van der Waals surface area contributed by atoms with Crippen LogP contribution in [-0.4, -0.2) is 46.9 Å². The van der Waals surface area contributed by atoms with Crippen molar-refractivity contribution >= 4 is 51.5 Å². The second-order valence-electron chi connectivity index (χ2n) is 12.2. The number of aromatic nitrogens is 3. The predicted octanol–water partition coefficient (Wildman–Crippen LogP) is 7.30. The Hall–Kier alpha value is -3.29. The smallest absolute Gasteiger partial charge is 0.269 e. The van der Waals surface area contributed by atoms with Crippen molar-refractivity contribution in [1.82, 2.24) is 20.1 Å². The maximum Gasteiger partial charge on any atom is 0.269 e. The first-order valence-corrected chi connectivity index (χ1v) is 14.9. The third-order valence-electron chi connectivity index (χ3n) is 7.71. The van der Waals surface area contributed by atoms with Crippen LogP contribution in [0.5, 0.6) is 0 Å². The lowest BCUT2D eigenvalue weighted by Gasteiger charge is -2.30. The van der Waals surface area contributed by atoms with Gasteiger partial charge in [0.05, 0.1) is 17.8 Å². The number of benzene rings is 2. The normalized spacial score (nSPS) is 17.4. The van der Waals surface area contributed by atoms with Gasteiger partial charge in [-0.2, -0.15) is 5.10 Å². The maximum atomic E-state index is 13.5. The summed E-state index contributed by atoms with van der Waals surface area (Å²) < 4.78 is 1.76. The maximum absolute atomic E-state index is 13.5. The van der Waals surface area contributed by atoms with E-state index in [1.165, 1.54) is 0 Å². The van der Waals surface area contributed by atoms with Crippen molar-refractivity contribution in [1.29, 1.82) is 0 Å². The van der Waals surface area contributed by atoms with Gasteiger partial charge in [-0.15, -0.1) is 0 Å². The van der Waals surface area contributed by atoms with Crippen molar-refractivity contribution in [2.45, 2.75) is 70.5 Å². The van der Waals surface area contributed by atoms with E-state index in [0.29, 0.717) is 28.3 Å².